The number of fused-ring (bicyclic) bond motifs is 2. The zero-order valence-corrected chi connectivity index (χ0v) is 26.6. The van der Waals surface area contributed by atoms with Crippen LogP contribution in [0.1, 0.15) is 57.5 Å². The molecule has 0 spiro atoms. The second kappa shape index (κ2) is 14.8. The number of carboxylic acid groups (broad SMARTS) is 1. The predicted octanol–water partition coefficient (Wildman–Crippen LogP) is 5.32. The van der Waals surface area contributed by atoms with Crippen LogP contribution in [0.25, 0.3) is 5.57 Å². The molecule has 0 radical (unpaired) electrons. The molecule has 0 bridgehead atoms. The maximum absolute atomic E-state index is 13.1. The highest BCUT2D eigenvalue weighted by atomic mass is 35.5. The molecule has 1 heterocycles. The number of halogens is 1. The Morgan fingerprint density at radius 1 is 0.953 bits per heavy atom. The van der Waals surface area contributed by atoms with Crippen molar-refractivity contribution in [3.8, 4) is 0 Å². The van der Waals surface area contributed by atoms with E-state index in [1.54, 1.807) is 12.1 Å². The van der Waals surface area contributed by atoms with E-state index in [1.165, 1.54) is 12.1 Å². The first-order valence-corrected chi connectivity index (χ1v) is 18.2. The van der Waals surface area contributed by atoms with Crippen molar-refractivity contribution in [1.29, 1.82) is 5.41 Å². The summed E-state index contributed by atoms with van der Waals surface area (Å²) in [6, 6.07) is 10.4. The topological polar surface area (TPSA) is 135 Å². The van der Waals surface area contributed by atoms with Crippen LogP contribution < -0.4 is 16.2 Å². The first-order valence-electron chi connectivity index (χ1n) is 14.7. The number of anilines is 1. The molecular formula is C33H40ClN3O5Si. The minimum absolute atomic E-state index is 0.0963. The van der Waals surface area contributed by atoms with Gasteiger partial charge in [0.15, 0.2) is 0 Å². The molecule has 0 saturated carbocycles. The number of unbranched alkanes of at least 4 members (excludes halogenated alkanes) is 3. The molecule has 2 aliphatic rings. The van der Waals surface area contributed by atoms with Crippen molar-refractivity contribution in [3.63, 3.8) is 0 Å². The second-order valence-electron chi connectivity index (χ2n) is 11.2. The number of ether oxygens (including phenoxy) is 2. The third-order valence-electron chi connectivity index (χ3n) is 7.81. The molecule has 0 unspecified atom stereocenters. The van der Waals surface area contributed by atoms with E-state index in [2.05, 4.69) is 18.4 Å². The van der Waals surface area contributed by atoms with E-state index in [1.807, 2.05) is 30.4 Å². The SMILES string of the molecule is C[Si]1(C)C2=CC(=N)C=CC2=C(c2cc(C(=O)NCCOCCOCCCCCCCl)ccc2C(=O)O)c2ccc(N)cc21. The summed E-state index contributed by atoms with van der Waals surface area (Å²) in [6.07, 6.45) is 9.74. The van der Waals surface area contributed by atoms with Gasteiger partial charge in [-0.1, -0.05) is 38.1 Å². The molecule has 228 valence electrons. The zero-order valence-electron chi connectivity index (χ0n) is 24.8. The number of amides is 1. The second-order valence-corrected chi connectivity index (χ2v) is 15.9. The number of hydrogen-bond acceptors (Lipinski definition) is 6. The molecule has 0 saturated heterocycles. The fraction of sp³-hybridized carbons (Fsp3) is 0.364. The number of alkyl halides is 1. The standard InChI is InChI=1S/C33H40ClN3O5Si/c1-43(2)29-20-23(35)8-11-26(29)31(27-12-9-24(36)21-30(27)43)28-19-22(7-10-25(28)33(39)40)32(38)37-14-16-42-18-17-41-15-6-4-3-5-13-34/h7-12,19-21,35H,3-6,13-18,36H2,1-2H3,(H,37,38)(H,39,40). The Kier molecular flexibility index (Phi) is 11.1. The van der Waals surface area contributed by atoms with Crippen LogP contribution in [0.5, 0.6) is 0 Å². The molecule has 10 heteroatoms. The number of nitrogens with two attached hydrogens (primary N) is 1. The number of aromatic carboxylic acids is 1. The lowest BCUT2D eigenvalue weighted by Gasteiger charge is -2.38. The summed E-state index contributed by atoms with van der Waals surface area (Å²) in [6.45, 7) is 6.69. The normalized spacial score (nSPS) is 15.1. The van der Waals surface area contributed by atoms with Crippen LogP contribution in [-0.2, 0) is 9.47 Å². The van der Waals surface area contributed by atoms with Gasteiger partial charge in [0, 0.05) is 30.3 Å². The van der Waals surface area contributed by atoms with Crippen LogP contribution in [0, 0.1) is 5.41 Å². The Bertz CT molecular complexity index is 1480. The van der Waals surface area contributed by atoms with E-state index in [9.17, 15) is 14.7 Å². The highest BCUT2D eigenvalue weighted by Gasteiger charge is 2.40. The number of hydrogen-bond donors (Lipinski definition) is 4. The lowest BCUT2D eigenvalue weighted by molar-refractivity contribution is 0.0468. The van der Waals surface area contributed by atoms with Crippen molar-refractivity contribution in [3.05, 3.63) is 87.6 Å². The Labute approximate surface area is 259 Å². The van der Waals surface area contributed by atoms with E-state index in [0.717, 1.165) is 52.8 Å². The molecule has 2 aromatic carbocycles. The number of rotatable bonds is 15. The maximum atomic E-state index is 13.1. The van der Waals surface area contributed by atoms with Crippen molar-refractivity contribution >= 4 is 53.7 Å². The predicted molar refractivity (Wildman–Crippen MR) is 176 cm³/mol. The molecule has 1 amide bonds. The molecular weight excluding hydrogens is 582 g/mol. The lowest BCUT2D eigenvalue weighted by Crippen LogP contribution is -2.49. The van der Waals surface area contributed by atoms with Crippen molar-refractivity contribution < 1.29 is 24.2 Å². The smallest absolute Gasteiger partial charge is 0.336 e. The van der Waals surface area contributed by atoms with Gasteiger partial charge in [-0.25, -0.2) is 4.79 Å². The fourth-order valence-corrected chi connectivity index (χ4v) is 8.83. The average molecular weight is 622 g/mol. The summed E-state index contributed by atoms with van der Waals surface area (Å²) in [5.74, 6) is -0.704. The number of nitrogen functional groups attached to an aromatic ring is 1. The first-order chi connectivity index (χ1) is 20.6. The van der Waals surface area contributed by atoms with Gasteiger partial charge in [-0.2, -0.15) is 0 Å². The third-order valence-corrected chi connectivity index (χ3v) is 11.6. The van der Waals surface area contributed by atoms with Crippen LogP contribution in [0.4, 0.5) is 5.69 Å². The van der Waals surface area contributed by atoms with Crippen molar-refractivity contribution in [2.45, 2.75) is 38.8 Å². The summed E-state index contributed by atoms with van der Waals surface area (Å²) < 4.78 is 11.2. The summed E-state index contributed by atoms with van der Waals surface area (Å²) >= 11 is 5.68. The van der Waals surface area contributed by atoms with Crippen LogP contribution in [0.2, 0.25) is 13.1 Å². The molecule has 43 heavy (non-hydrogen) atoms. The van der Waals surface area contributed by atoms with Crippen LogP contribution in [-0.4, -0.2) is 69.6 Å². The number of allylic oxidation sites excluding steroid dienone is 5. The Morgan fingerprint density at radius 2 is 1.70 bits per heavy atom. The largest absolute Gasteiger partial charge is 0.478 e. The van der Waals surface area contributed by atoms with Gasteiger partial charge in [0.25, 0.3) is 5.91 Å². The van der Waals surface area contributed by atoms with Gasteiger partial charge >= 0.3 is 5.97 Å². The van der Waals surface area contributed by atoms with Crippen LogP contribution in [0.15, 0.2) is 65.4 Å². The Morgan fingerprint density at radius 3 is 2.44 bits per heavy atom. The van der Waals surface area contributed by atoms with Crippen molar-refractivity contribution in [2.24, 2.45) is 0 Å². The maximum Gasteiger partial charge on any atom is 0.336 e. The average Bonchev–Trinajstić information content (AvgIpc) is 2.98. The molecule has 0 aromatic heterocycles. The van der Waals surface area contributed by atoms with Crippen molar-refractivity contribution in [1.82, 2.24) is 5.32 Å². The molecule has 2 aromatic rings. The highest BCUT2D eigenvalue weighted by molar-refractivity contribution is 6.98. The van der Waals surface area contributed by atoms with Gasteiger partial charge < -0.3 is 31.0 Å². The quantitative estimate of drug-likeness (QED) is 0.0921. The molecule has 4 rings (SSSR count). The summed E-state index contributed by atoms with van der Waals surface area (Å²) in [5, 5.41) is 23.4. The first kappa shape index (κ1) is 32.4. The molecule has 5 N–H and O–H groups in total. The van der Waals surface area contributed by atoms with E-state index >= 15 is 0 Å². The molecule has 1 aliphatic carbocycles. The molecule has 0 fully saturated rings. The van der Waals surface area contributed by atoms with Crippen LogP contribution in [0.3, 0.4) is 0 Å². The Balaban J connectivity index is 1.50. The lowest BCUT2D eigenvalue weighted by atomic mass is 9.86. The summed E-state index contributed by atoms with van der Waals surface area (Å²) in [7, 11) is -2.27. The minimum atomic E-state index is -2.27. The number of carbonyl (C=O) groups excluding carboxylic acids is 1. The minimum Gasteiger partial charge on any atom is -0.478 e. The summed E-state index contributed by atoms with van der Waals surface area (Å²) in [5.41, 5.74) is 10.6. The van der Waals surface area contributed by atoms with Gasteiger partial charge in [-0.15, -0.1) is 11.6 Å². The van der Waals surface area contributed by atoms with E-state index in [-0.39, 0.29) is 11.5 Å². The number of benzene rings is 2. The van der Waals surface area contributed by atoms with Gasteiger partial charge in [0.2, 0.25) is 0 Å². The van der Waals surface area contributed by atoms with Gasteiger partial charge in [-0.3, -0.25) is 4.79 Å². The zero-order chi connectivity index (χ0) is 31.0. The number of nitrogens with one attached hydrogen (secondary N) is 2. The van der Waals surface area contributed by atoms with Gasteiger partial charge in [-0.05, 0) is 88.0 Å². The van der Waals surface area contributed by atoms with E-state index < -0.39 is 14.0 Å². The van der Waals surface area contributed by atoms with Gasteiger partial charge in [0.05, 0.1) is 31.1 Å². The van der Waals surface area contributed by atoms with Gasteiger partial charge in [0.1, 0.15) is 8.07 Å². The van der Waals surface area contributed by atoms with Crippen LogP contribution >= 0.6 is 11.6 Å². The van der Waals surface area contributed by atoms with E-state index in [4.69, 9.17) is 32.2 Å². The Hall–Kier alpha value is -3.50. The monoisotopic (exact) mass is 621 g/mol. The van der Waals surface area contributed by atoms with Crippen molar-refractivity contribution in [2.75, 3.05) is 44.6 Å². The number of carboxylic acids is 1. The number of carbonyl (C=O) groups is 2. The molecule has 1 aliphatic heterocycles. The highest BCUT2D eigenvalue weighted by Crippen LogP contribution is 2.42. The molecule has 0 atom stereocenters. The summed E-state index contributed by atoms with van der Waals surface area (Å²) in [4.78, 5) is 25.6. The molecule has 8 nitrogen and oxygen atoms in total. The third kappa shape index (κ3) is 7.72. The van der Waals surface area contributed by atoms with E-state index in [0.29, 0.717) is 61.4 Å². The fourth-order valence-electron chi connectivity index (χ4n) is 5.55.